The third kappa shape index (κ3) is 4.19. The molecule has 1 fully saturated rings. The Hall–Kier alpha value is -2.04. The molecule has 3 rings (SSSR count). The number of esters is 1. The van der Waals surface area contributed by atoms with E-state index in [-0.39, 0.29) is 29.3 Å². The van der Waals surface area contributed by atoms with E-state index in [1.54, 1.807) is 6.07 Å². The first-order valence-corrected chi connectivity index (χ1v) is 9.45. The van der Waals surface area contributed by atoms with Gasteiger partial charge in [0.15, 0.2) is 11.6 Å². The summed E-state index contributed by atoms with van der Waals surface area (Å²) in [6, 6.07) is 4.99. The molecule has 0 bridgehead atoms. The highest BCUT2D eigenvalue weighted by molar-refractivity contribution is 5.83. The molecular weight excluding hydrogens is 335 g/mol. The number of aryl methyl sites for hydroxylation is 1. The van der Waals surface area contributed by atoms with Gasteiger partial charge in [0.2, 0.25) is 0 Å². The van der Waals surface area contributed by atoms with Crippen LogP contribution in [0.4, 0.5) is 4.39 Å². The van der Waals surface area contributed by atoms with Crippen LogP contribution in [0, 0.1) is 11.7 Å². The molecule has 1 atom stereocenters. The number of aliphatic hydroxyl groups excluding tert-OH is 1. The maximum Gasteiger partial charge on any atom is 0.334 e. The molecule has 26 heavy (non-hydrogen) atoms. The molecule has 4 nitrogen and oxygen atoms in total. The molecule has 0 saturated heterocycles. The summed E-state index contributed by atoms with van der Waals surface area (Å²) in [4.78, 5) is 11.9. The van der Waals surface area contributed by atoms with Gasteiger partial charge in [0, 0.05) is 6.42 Å². The van der Waals surface area contributed by atoms with Crippen LogP contribution in [0.2, 0.25) is 0 Å². The normalized spacial score (nSPS) is 23.8. The van der Waals surface area contributed by atoms with Crippen molar-refractivity contribution in [2.45, 2.75) is 70.5 Å². The van der Waals surface area contributed by atoms with Crippen LogP contribution < -0.4 is 4.74 Å². The number of rotatable bonds is 6. The Morgan fingerprint density at radius 2 is 2.08 bits per heavy atom. The van der Waals surface area contributed by atoms with Gasteiger partial charge in [-0.25, -0.2) is 9.18 Å². The molecule has 142 valence electrons. The fraction of sp³-hybridized carbons (Fsp3) is 0.571. The first-order chi connectivity index (χ1) is 12.4. The van der Waals surface area contributed by atoms with Crippen molar-refractivity contribution in [2.24, 2.45) is 5.92 Å². The average Bonchev–Trinajstić information content (AvgIpc) is 3.09. The molecule has 5 heteroatoms. The van der Waals surface area contributed by atoms with E-state index in [0.29, 0.717) is 19.3 Å². The van der Waals surface area contributed by atoms with E-state index in [9.17, 15) is 14.3 Å². The standard InChI is InChI=1S/C21H27FO4/c1-14(2)25-19-8-7-15(11-18(19)22)9-10-21(16-5-3-4-6-16)13-17(23)12-20(24)26-21/h7-8,11-12,14,16,23H,3-6,9-10,13H2,1-2H3. The van der Waals surface area contributed by atoms with Crippen molar-refractivity contribution < 1.29 is 23.8 Å². The third-order valence-corrected chi connectivity index (χ3v) is 5.36. The van der Waals surface area contributed by atoms with Crippen molar-refractivity contribution in [1.29, 1.82) is 0 Å². The van der Waals surface area contributed by atoms with Crippen molar-refractivity contribution in [3.63, 3.8) is 0 Å². The molecule has 1 aliphatic heterocycles. The lowest BCUT2D eigenvalue weighted by atomic mass is 9.77. The Morgan fingerprint density at radius 1 is 1.35 bits per heavy atom. The molecule has 0 radical (unpaired) electrons. The van der Waals surface area contributed by atoms with Crippen molar-refractivity contribution in [3.8, 4) is 5.75 Å². The number of aliphatic hydroxyl groups is 1. The Bertz CT molecular complexity index is 691. The Morgan fingerprint density at radius 3 is 2.69 bits per heavy atom. The van der Waals surface area contributed by atoms with Gasteiger partial charge in [-0.15, -0.1) is 0 Å². The number of hydrogen-bond donors (Lipinski definition) is 1. The fourth-order valence-electron chi connectivity index (χ4n) is 4.19. The smallest absolute Gasteiger partial charge is 0.334 e. The van der Waals surface area contributed by atoms with Crippen molar-refractivity contribution in [1.82, 2.24) is 0 Å². The summed E-state index contributed by atoms with van der Waals surface area (Å²) >= 11 is 0. The number of benzene rings is 1. The van der Waals surface area contributed by atoms with E-state index >= 15 is 0 Å². The topological polar surface area (TPSA) is 55.8 Å². The minimum atomic E-state index is -0.685. The molecule has 1 aliphatic carbocycles. The predicted molar refractivity (Wildman–Crippen MR) is 96.6 cm³/mol. The zero-order chi connectivity index (χ0) is 18.7. The summed E-state index contributed by atoms with van der Waals surface area (Å²) in [5.74, 6) is -0.281. The van der Waals surface area contributed by atoms with Gasteiger partial charge in [-0.2, -0.15) is 0 Å². The van der Waals surface area contributed by atoms with Crippen molar-refractivity contribution >= 4 is 5.97 Å². The van der Waals surface area contributed by atoms with Crippen LogP contribution in [0.3, 0.4) is 0 Å². The van der Waals surface area contributed by atoms with E-state index in [4.69, 9.17) is 9.47 Å². The highest BCUT2D eigenvalue weighted by Crippen LogP contribution is 2.44. The molecule has 1 N–H and O–H groups in total. The molecule has 2 aliphatic rings. The summed E-state index contributed by atoms with van der Waals surface area (Å²) in [7, 11) is 0. The van der Waals surface area contributed by atoms with Gasteiger partial charge in [0.25, 0.3) is 0 Å². The van der Waals surface area contributed by atoms with E-state index in [1.165, 1.54) is 6.07 Å². The number of cyclic esters (lactones) is 1. The quantitative estimate of drug-likeness (QED) is 0.734. The summed E-state index contributed by atoms with van der Waals surface area (Å²) in [6.45, 7) is 3.71. The highest BCUT2D eigenvalue weighted by Gasteiger charge is 2.45. The monoisotopic (exact) mass is 362 g/mol. The average molecular weight is 362 g/mol. The van der Waals surface area contributed by atoms with E-state index < -0.39 is 11.6 Å². The summed E-state index contributed by atoms with van der Waals surface area (Å²) in [5.41, 5.74) is 0.150. The van der Waals surface area contributed by atoms with Crippen LogP contribution in [0.5, 0.6) is 5.75 Å². The van der Waals surface area contributed by atoms with Crippen LogP contribution in [0.1, 0.15) is 57.9 Å². The maximum absolute atomic E-state index is 14.2. The Balaban J connectivity index is 1.75. The Kier molecular flexibility index (Phi) is 5.54. The van der Waals surface area contributed by atoms with Gasteiger partial charge in [0.05, 0.1) is 12.2 Å². The molecule has 1 unspecified atom stereocenters. The number of carbonyl (C=O) groups is 1. The van der Waals surface area contributed by atoms with E-state index in [0.717, 1.165) is 37.3 Å². The molecular formula is C21H27FO4. The maximum atomic E-state index is 14.2. The van der Waals surface area contributed by atoms with E-state index in [2.05, 4.69) is 0 Å². The predicted octanol–water partition coefficient (Wildman–Crippen LogP) is 4.86. The minimum Gasteiger partial charge on any atom is -0.512 e. The number of carbonyl (C=O) groups excluding carboxylic acids is 1. The van der Waals surface area contributed by atoms with Crippen LogP contribution >= 0.6 is 0 Å². The van der Waals surface area contributed by atoms with Crippen LogP contribution in [-0.4, -0.2) is 22.8 Å². The zero-order valence-corrected chi connectivity index (χ0v) is 15.5. The second kappa shape index (κ2) is 7.68. The number of ether oxygens (including phenoxy) is 2. The van der Waals surface area contributed by atoms with Gasteiger partial charge in [-0.3, -0.25) is 0 Å². The molecule has 0 amide bonds. The van der Waals surface area contributed by atoms with Crippen LogP contribution in [-0.2, 0) is 16.0 Å². The lowest BCUT2D eigenvalue weighted by Gasteiger charge is -2.40. The van der Waals surface area contributed by atoms with Gasteiger partial charge >= 0.3 is 5.97 Å². The molecule has 1 aromatic rings. The molecule has 1 saturated carbocycles. The fourth-order valence-corrected chi connectivity index (χ4v) is 4.19. The summed E-state index contributed by atoms with van der Waals surface area (Å²) in [5, 5.41) is 10.0. The second-order valence-corrected chi connectivity index (χ2v) is 7.71. The van der Waals surface area contributed by atoms with Crippen molar-refractivity contribution in [2.75, 3.05) is 0 Å². The minimum absolute atomic E-state index is 0.0833. The zero-order valence-electron chi connectivity index (χ0n) is 15.5. The number of halogens is 1. The lowest BCUT2D eigenvalue weighted by molar-refractivity contribution is -0.165. The van der Waals surface area contributed by atoms with Gasteiger partial charge in [-0.1, -0.05) is 18.9 Å². The van der Waals surface area contributed by atoms with Gasteiger partial charge < -0.3 is 14.6 Å². The molecule has 1 aromatic carbocycles. The number of hydrogen-bond acceptors (Lipinski definition) is 4. The van der Waals surface area contributed by atoms with Gasteiger partial charge in [-0.05, 0) is 63.1 Å². The van der Waals surface area contributed by atoms with Crippen LogP contribution in [0.25, 0.3) is 0 Å². The molecule has 0 aromatic heterocycles. The summed E-state index contributed by atoms with van der Waals surface area (Å²) < 4.78 is 25.4. The van der Waals surface area contributed by atoms with Gasteiger partial charge in [0.1, 0.15) is 11.4 Å². The second-order valence-electron chi connectivity index (χ2n) is 7.71. The molecule has 0 spiro atoms. The third-order valence-electron chi connectivity index (χ3n) is 5.36. The molecule has 1 heterocycles. The summed E-state index contributed by atoms with van der Waals surface area (Å²) in [6.07, 6.45) is 6.80. The first kappa shape index (κ1) is 18.7. The largest absolute Gasteiger partial charge is 0.512 e. The van der Waals surface area contributed by atoms with Crippen molar-refractivity contribution in [3.05, 3.63) is 41.4 Å². The first-order valence-electron chi connectivity index (χ1n) is 9.45. The highest BCUT2D eigenvalue weighted by atomic mass is 19.1. The lowest BCUT2D eigenvalue weighted by Crippen LogP contribution is -2.44. The SMILES string of the molecule is CC(C)Oc1ccc(CCC2(C3CCCC3)CC(O)=CC(=O)O2)cc1F. The van der Waals surface area contributed by atoms with Crippen LogP contribution in [0.15, 0.2) is 30.0 Å². The Labute approximate surface area is 154 Å². The van der Waals surface area contributed by atoms with E-state index in [1.807, 2.05) is 19.9 Å².